The van der Waals surface area contributed by atoms with Crippen LogP contribution in [0.15, 0.2) is 0 Å². The van der Waals surface area contributed by atoms with E-state index < -0.39 is 27.6 Å². The van der Waals surface area contributed by atoms with Gasteiger partial charge in [-0.15, -0.1) is 0 Å². The lowest BCUT2D eigenvalue weighted by Gasteiger charge is -2.30. The summed E-state index contributed by atoms with van der Waals surface area (Å²) in [5, 5.41) is 8.81. The number of hydrogen-bond donors (Lipinski definition) is 3. The summed E-state index contributed by atoms with van der Waals surface area (Å²) in [7, 11) is -3.67. The third-order valence-electron chi connectivity index (χ3n) is 2.40. The molecule has 0 aliphatic rings. The van der Waals surface area contributed by atoms with Crippen molar-refractivity contribution in [2.45, 2.75) is 47.1 Å². The summed E-state index contributed by atoms with van der Waals surface area (Å²) in [4.78, 5) is 10.8. The number of carbonyl (C=O) groups is 1. The van der Waals surface area contributed by atoms with Crippen molar-refractivity contribution in [2.75, 3.05) is 6.54 Å². The molecule has 0 rings (SSSR count). The van der Waals surface area contributed by atoms with Crippen LogP contribution in [-0.4, -0.2) is 32.1 Å². The highest BCUT2D eigenvalue weighted by Crippen LogP contribution is 2.22. The van der Waals surface area contributed by atoms with Gasteiger partial charge < -0.3 is 5.11 Å². The van der Waals surface area contributed by atoms with Gasteiger partial charge in [-0.05, 0) is 11.3 Å². The van der Waals surface area contributed by atoms with E-state index in [1.54, 1.807) is 20.8 Å². The van der Waals surface area contributed by atoms with E-state index in [-0.39, 0.29) is 12.3 Å². The molecule has 0 aliphatic carbocycles. The molecule has 0 amide bonds. The minimum absolute atomic E-state index is 0.189. The molecule has 7 heteroatoms. The van der Waals surface area contributed by atoms with Gasteiger partial charge in [0.05, 0.1) is 6.42 Å². The van der Waals surface area contributed by atoms with Crippen molar-refractivity contribution < 1.29 is 18.3 Å². The molecule has 0 saturated heterocycles. The largest absolute Gasteiger partial charge is 0.481 e. The second kappa shape index (κ2) is 6.49. The second-order valence-electron chi connectivity index (χ2n) is 5.88. The highest BCUT2D eigenvalue weighted by atomic mass is 32.2. The Morgan fingerprint density at radius 3 is 2.11 bits per heavy atom. The van der Waals surface area contributed by atoms with Crippen LogP contribution in [0, 0.1) is 11.3 Å². The molecule has 108 valence electrons. The van der Waals surface area contributed by atoms with Crippen LogP contribution in [0.25, 0.3) is 0 Å². The molecule has 1 unspecified atom stereocenters. The molecule has 0 radical (unpaired) electrons. The maximum atomic E-state index is 11.8. The Morgan fingerprint density at radius 2 is 1.78 bits per heavy atom. The van der Waals surface area contributed by atoms with Gasteiger partial charge in [0.1, 0.15) is 0 Å². The van der Waals surface area contributed by atoms with Crippen molar-refractivity contribution in [3.8, 4) is 0 Å². The van der Waals surface area contributed by atoms with Crippen LogP contribution in [0.3, 0.4) is 0 Å². The first-order chi connectivity index (χ1) is 7.94. The van der Waals surface area contributed by atoms with E-state index in [1.807, 2.05) is 13.8 Å². The number of carboxylic acids is 1. The highest BCUT2D eigenvalue weighted by Gasteiger charge is 2.30. The molecule has 3 N–H and O–H groups in total. The SMILES string of the molecule is CC(C)CNS(=O)(=O)NC(CC(=O)O)C(C)(C)C. The van der Waals surface area contributed by atoms with Crippen LogP contribution in [0.5, 0.6) is 0 Å². The first-order valence-corrected chi connectivity index (χ1v) is 7.41. The van der Waals surface area contributed by atoms with E-state index in [1.165, 1.54) is 0 Å². The monoisotopic (exact) mass is 280 g/mol. The van der Waals surface area contributed by atoms with Gasteiger partial charge in [-0.2, -0.15) is 13.1 Å². The average molecular weight is 280 g/mol. The summed E-state index contributed by atoms with van der Waals surface area (Å²) >= 11 is 0. The zero-order chi connectivity index (χ0) is 14.6. The van der Waals surface area contributed by atoms with E-state index in [2.05, 4.69) is 9.44 Å². The third-order valence-corrected chi connectivity index (χ3v) is 3.54. The van der Waals surface area contributed by atoms with Crippen LogP contribution in [0.2, 0.25) is 0 Å². The fourth-order valence-corrected chi connectivity index (χ4v) is 2.65. The summed E-state index contributed by atoms with van der Waals surface area (Å²) in [6.07, 6.45) is -0.244. The van der Waals surface area contributed by atoms with E-state index in [0.717, 1.165) is 0 Å². The quantitative estimate of drug-likeness (QED) is 0.647. The Morgan fingerprint density at radius 1 is 1.28 bits per heavy atom. The number of aliphatic carboxylic acids is 1. The molecule has 0 bridgehead atoms. The molecular formula is C11H24N2O4S. The average Bonchev–Trinajstić information content (AvgIpc) is 2.11. The maximum absolute atomic E-state index is 11.8. The Balaban J connectivity index is 4.72. The van der Waals surface area contributed by atoms with E-state index in [9.17, 15) is 13.2 Å². The normalized spacial score (nSPS) is 14.8. The zero-order valence-electron chi connectivity index (χ0n) is 11.6. The van der Waals surface area contributed by atoms with Crippen LogP contribution >= 0.6 is 0 Å². The first-order valence-electron chi connectivity index (χ1n) is 5.92. The molecule has 0 aromatic carbocycles. The fraction of sp³-hybridized carbons (Fsp3) is 0.909. The number of hydrogen-bond acceptors (Lipinski definition) is 3. The van der Waals surface area contributed by atoms with Crippen LogP contribution < -0.4 is 9.44 Å². The van der Waals surface area contributed by atoms with Gasteiger partial charge in [0.2, 0.25) is 0 Å². The van der Waals surface area contributed by atoms with E-state index >= 15 is 0 Å². The lowest BCUT2D eigenvalue weighted by Crippen LogP contribution is -2.49. The molecule has 0 spiro atoms. The fourth-order valence-electron chi connectivity index (χ4n) is 1.20. The number of rotatable bonds is 7. The van der Waals surface area contributed by atoms with Crippen LogP contribution in [-0.2, 0) is 15.0 Å². The van der Waals surface area contributed by atoms with Gasteiger partial charge in [0.15, 0.2) is 0 Å². The Bertz CT molecular complexity index is 371. The summed E-state index contributed by atoms with van der Waals surface area (Å²) in [6, 6.07) is -0.653. The topological polar surface area (TPSA) is 95.5 Å². The molecule has 0 fully saturated rings. The minimum atomic E-state index is -3.67. The Hall–Kier alpha value is -0.660. The van der Waals surface area contributed by atoms with E-state index in [4.69, 9.17) is 5.11 Å². The number of carboxylic acid groups (broad SMARTS) is 1. The van der Waals surface area contributed by atoms with Crippen molar-refractivity contribution in [3.05, 3.63) is 0 Å². The zero-order valence-corrected chi connectivity index (χ0v) is 12.5. The number of nitrogens with one attached hydrogen (secondary N) is 2. The van der Waals surface area contributed by atoms with Crippen LogP contribution in [0.1, 0.15) is 41.0 Å². The molecule has 0 aliphatic heterocycles. The second-order valence-corrected chi connectivity index (χ2v) is 7.41. The van der Waals surface area contributed by atoms with Crippen molar-refractivity contribution in [1.82, 2.24) is 9.44 Å². The molecule has 18 heavy (non-hydrogen) atoms. The molecular weight excluding hydrogens is 256 g/mol. The minimum Gasteiger partial charge on any atom is -0.481 e. The highest BCUT2D eigenvalue weighted by molar-refractivity contribution is 7.87. The third kappa shape index (κ3) is 7.62. The molecule has 0 aromatic rings. The van der Waals surface area contributed by atoms with Gasteiger partial charge >= 0.3 is 5.97 Å². The molecule has 1 atom stereocenters. The van der Waals surface area contributed by atoms with Gasteiger partial charge in [-0.3, -0.25) is 4.79 Å². The summed E-state index contributed by atoms with van der Waals surface area (Å²) in [5.74, 6) is -0.837. The van der Waals surface area contributed by atoms with Gasteiger partial charge in [-0.25, -0.2) is 4.72 Å². The van der Waals surface area contributed by atoms with Crippen LogP contribution in [0.4, 0.5) is 0 Å². The lowest BCUT2D eigenvalue weighted by atomic mass is 9.85. The van der Waals surface area contributed by atoms with Gasteiger partial charge in [-0.1, -0.05) is 34.6 Å². The maximum Gasteiger partial charge on any atom is 0.304 e. The van der Waals surface area contributed by atoms with Crippen molar-refractivity contribution >= 4 is 16.2 Å². The predicted octanol–water partition coefficient (Wildman–Crippen LogP) is 0.956. The standard InChI is InChI=1S/C11H24N2O4S/c1-8(2)7-12-18(16,17)13-9(6-10(14)15)11(3,4)5/h8-9,12-13H,6-7H2,1-5H3,(H,14,15). The van der Waals surface area contributed by atoms with Gasteiger partial charge in [0.25, 0.3) is 10.2 Å². The summed E-state index contributed by atoms with van der Waals surface area (Å²) in [5.41, 5.74) is -0.467. The molecule has 6 nitrogen and oxygen atoms in total. The Labute approximate surface area is 109 Å². The van der Waals surface area contributed by atoms with Gasteiger partial charge in [0, 0.05) is 12.6 Å². The summed E-state index contributed by atoms with van der Waals surface area (Å²) in [6.45, 7) is 9.49. The van der Waals surface area contributed by atoms with Crippen molar-refractivity contribution in [1.29, 1.82) is 0 Å². The van der Waals surface area contributed by atoms with E-state index in [0.29, 0.717) is 6.54 Å². The van der Waals surface area contributed by atoms with Crippen molar-refractivity contribution in [2.24, 2.45) is 11.3 Å². The van der Waals surface area contributed by atoms with Crippen molar-refractivity contribution in [3.63, 3.8) is 0 Å². The Kier molecular flexibility index (Phi) is 6.25. The predicted molar refractivity (Wildman–Crippen MR) is 70.4 cm³/mol. The molecule has 0 saturated carbocycles. The smallest absolute Gasteiger partial charge is 0.304 e. The first kappa shape index (κ1) is 17.3. The molecule has 0 heterocycles. The molecule has 0 aromatic heterocycles. The lowest BCUT2D eigenvalue weighted by molar-refractivity contribution is -0.138. The summed E-state index contributed by atoms with van der Waals surface area (Å²) < 4.78 is 28.3.